The second-order valence-corrected chi connectivity index (χ2v) is 6.77. The summed E-state index contributed by atoms with van der Waals surface area (Å²) in [5.41, 5.74) is 2.17. The van der Waals surface area contributed by atoms with E-state index in [1.165, 1.54) is 4.88 Å². The lowest BCUT2D eigenvalue weighted by Gasteiger charge is -2.32. The predicted octanol–water partition coefficient (Wildman–Crippen LogP) is 2.73. The highest BCUT2D eigenvalue weighted by Gasteiger charge is 2.41. The quantitative estimate of drug-likeness (QED) is 0.861. The fraction of sp³-hybridized carbons (Fsp3) is 0.786. The summed E-state index contributed by atoms with van der Waals surface area (Å²) >= 11 is 1.76. The largest absolute Gasteiger partial charge is 0.378 e. The van der Waals surface area contributed by atoms with Crippen molar-refractivity contribution in [1.29, 1.82) is 0 Å². The fourth-order valence-electron chi connectivity index (χ4n) is 2.63. The van der Waals surface area contributed by atoms with Gasteiger partial charge in [-0.1, -0.05) is 13.8 Å². The second-order valence-electron chi connectivity index (χ2n) is 5.79. The van der Waals surface area contributed by atoms with E-state index in [1.807, 2.05) is 11.7 Å². The van der Waals surface area contributed by atoms with Crippen LogP contribution in [0.1, 0.15) is 32.1 Å². The van der Waals surface area contributed by atoms with Crippen molar-refractivity contribution in [3.05, 3.63) is 16.6 Å². The molecule has 0 radical (unpaired) electrons. The Hall–Kier alpha value is -0.450. The summed E-state index contributed by atoms with van der Waals surface area (Å²) < 4.78 is 5.82. The summed E-state index contributed by atoms with van der Waals surface area (Å²) in [6, 6.07) is 0. The van der Waals surface area contributed by atoms with Crippen LogP contribution in [0.2, 0.25) is 0 Å². The zero-order chi connectivity index (χ0) is 13.0. The van der Waals surface area contributed by atoms with E-state index < -0.39 is 0 Å². The van der Waals surface area contributed by atoms with Crippen LogP contribution in [0.3, 0.4) is 0 Å². The number of thiazole rings is 1. The topological polar surface area (TPSA) is 34.2 Å². The molecule has 2 atom stereocenters. The molecule has 2 rings (SSSR count). The highest BCUT2D eigenvalue weighted by atomic mass is 32.1. The molecule has 1 N–H and O–H groups in total. The first-order chi connectivity index (χ1) is 8.62. The molecule has 0 saturated carbocycles. The van der Waals surface area contributed by atoms with E-state index in [0.717, 1.165) is 32.5 Å². The van der Waals surface area contributed by atoms with Gasteiger partial charge in [0.2, 0.25) is 0 Å². The standard InChI is InChI=1S/C14H24N2OS/c1-11(2)7-15-9-14(4-5-17-12(14)3)6-13-8-16-10-18-13/h8,10-12,15H,4-7,9H2,1-3H3. The number of hydrogen-bond acceptors (Lipinski definition) is 4. The van der Waals surface area contributed by atoms with Crippen LogP contribution in [0.15, 0.2) is 11.7 Å². The van der Waals surface area contributed by atoms with Crippen molar-refractivity contribution in [1.82, 2.24) is 10.3 Å². The summed E-state index contributed by atoms with van der Waals surface area (Å²) in [5.74, 6) is 0.697. The van der Waals surface area contributed by atoms with Crippen LogP contribution in [-0.2, 0) is 11.2 Å². The van der Waals surface area contributed by atoms with Gasteiger partial charge in [-0.15, -0.1) is 11.3 Å². The lowest BCUT2D eigenvalue weighted by atomic mass is 9.78. The maximum Gasteiger partial charge on any atom is 0.0794 e. The minimum Gasteiger partial charge on any atom is -0.378 e. The van der Waals surface area contributed by atoms with Crippen molar-refractivity contribution < 1.29 is 4.74 Å². The first kappa shape index (κ1) is 14.0. The van der Waals surface area contributed by atoms with Crippen LogP contribution >= 0.6 is 11.3 Å². The number of ether oxygens (including phenoxy) is 1. The van der Waals surface area contributed by atoms with Gasteiger partial charge in [-0.05, 0) is 32.2 Å². The van der Waals surface area contributed by atoms with Gasteiger partial charge < -0.3 is 10.1 Å². The Labute approximate surface area is 114 Å². The van der Waals surface area contributed by atoms with Crippen LogP contribution in [-0.4, -0.2) is 30.8 Å². The summed E-state index contributed by atoms with van der Waals surface area (Å²) in [6.45, 7) is 9.73. The van der Waals surface area contributed by atoms with Gasteiger partial charge in [0.15, 0.2) is 0 Å². The normalized spacial score (nSPS) is 28.1. The molecule has 1 aliphatic heterocycles. The molecule has 102 valence electrons. The lowest BCUT2D eigenvalue weighted by Crippen LogP contribution is -2.42. The molecule has 4 heteroatoms. The van der Waals surface area contributed by atoms with Gasteiger partial charge in [0.1, 0.15) is 0 Å². The van der Waals surface area contributed by atoms with Gasteiger partial charge in [0.25, 0.3) is 0 Å². The van der Waals surface area contributed by atoms with Crippen LogP contribution < -0.4 is 5.32 Å². The maximum absolute atomic E-state index is 5.82. The van der Waals surface area contributed by atoms with Crippen molar-refractivity contribution >= 4 is 11.3 Å². The molecule has 1 aromatic heterocycles. The molecule has 0 aromatic carbocycles. The van der Waals surface area contributed by atoms with E-state index in [4.69, 9.17) is 4.74 Å². The summed E-state index contributed by atoms with van der Waals surface area (Å²) in [6.07, 6.45) is 4.57. The molecule has 0 amide bonds. The number of nitrogens with one attached hydrogen (secondary N) is 1. The van der Waals surface area contributed by atoms with E-state index in [-0.39, 0.29) is 5.41 Å². The smallest absolute Gasteiger partial charge is 0.0794 e. The molecule has 18 heavy (non-hydrogen) atoms. The highest BCUT2D eigenvalue weighted by Crippen LogP contribution is 2.38. The number of hydrogen-bond donors (Lipinski definition) is 1. The van der Waals surface area contributed by atoms with Crippen molar-refractivity contribution in [3.8, 4) is 0 Å². The Morgan fingerprint density at radius 3 is 3.00 bits per heavy atom. The summed E-state index contributed by atoms with van der Waals surface area (Å²) in [5, 5.41) is 3.61. The average Bonchev–Trinajstić information content (AvgIpc) is 2.91. The first-order valence-corrected chi connectivity index (χ1v) is 7.70. The molecule has 2 heterocycles. The molecule has 0 spiro atoms. The van der Waals surface area contributed by atoms with Crippen LogP contribution in [0.5, 0.6) is 0 Å². The lowest BCUT2D eigenvalue weighted by molar-refractivity contribution is 0.0631. The second kappa shape index (κ2) is 6.13. The monoisotopic (exact) mass is 268 g/mol. The number of rotatable bonds is 6. The van der Waals surface area contributed by atoms with Gasteiger partial charge in [-0.25, -0.2) is 0 Å². The van der Waals surface area contributed by atoms with E-state index in [9.17, 15) is 0 Å². The third-order valence-corrected chi connectivity index (χ3v) is 4.65. The Bertz CT molecular complexity index is 353. The van der Waals surface area contributed by atoms with Crippen LogP contribution in [0, 0.1) is 11.3 Å². The molecule has 2 unspecified atom stereocenters. The van der Waals surface area contributed by atoms with E-state index in [2.05, 4.69) is 31.1 Å². The van der Waals surface area contributed by atoms with E-state index >= 15 is 0 Å². The SMILES string of the molecule is CC(C)CNCC1(Cc2cncs2)CCOC1C. The van der Waals surface area contributed by atoms with Gasteiger partial charge >= 0.3 is 0 Å². The zero-order valence-corrected chi connectivity index (χ0v) is 12.4. The van der Waals surface area contributed by atoms with Gasteiger partial charge in [0.05, 0.1) is 11.6 Å². The fourth-order valence-corrected chi connectivity index (χ4v) is 3.38. The van der Waals surface area contributed by atoms with Gasteiger partial charge in [0, 0.05) is 29.6 Å². The molecule has 1 saturated heterocycles. The summed E-state index contributed by atoms with van der Waals surface area (Å²) in [4.78, 5) is 5.56. The van der Waals surface area contributed by atoms with Crippen molar-refractivity contribution in [2.75, 3.05) is 19.7 Å². The Morgan fingerprint density at radius 2 is 2.44 bits per heavy atom. The maximum atomic E-state index is 5.82. The van der Waals surface area contributed by atoms with Crippen molar-refractivity contribution in [2.45, 2.75) is 39.7 Å². The van der Waals surface area contributed by atoms with Crippen molar-refractivity contribution in [3.63, 3.8) is 0 Å². The zero-order valence-electron chi connectivity index (χ0n) is 11.6. The Kier molecular flexibility index (Phi) is 4.76. The minimum absolute atomic E-state index is 0.251. The molecular formula is C14H24N2OS. The Morgan fingerprint density at radius 1 is 1.61 bits per heavy atom. The summed E-state index contributed by atoms with van der Waals surface area (Å²) in [7, 11) is 0. The minimum atomic E-state index is 0.251. The molecule has 0 bridgehead atoms. The third kappa shape index (κ3) is 3.31. The predicted molar refractivity (Wildman–Crippen MR) is 76.0 cm³/mol. The highest BCUT2D eigenvalue weighted by molar-refractivity contribution is 7.09. The molecule has 1 aromatic rings. The molecular weight excluding hydrogens is 244 g/mol. The third-order valence-electron chi connectivity index (χ3n) is 3.87. The van der Waals surface area contributed by atoms with Gasteiger partial charge in [-0.3, -0.25) is 4.98 Å². The number of nitrogens with zero attached hydrogens (tertiary/aromatic N) is 1. The van der Waals surface area contributed by atoms with E-state index in [1.54, 1.807) is 11.3 Å². The van der Waals surface area contributed by atoms with Crippen LogP contribution in [0.4, 0.5) is 0 Å². The van der Waals surface area contributed by atoms with Crippen LogP contribution in [0.25, 0.3) is 0 Å². The Balaban J connectivity index is 1.99. The van der Waals surface area contributed by atoms with E-state index in [0.29, 0.717) is 12.0 Å². The first-order valence-electron chi connectivity index (χ1n) is 6.82. The number of aromatic nitrogens is 1. The molecule has 0 aliphatic carbocycles. The molecule has 1 aliphatic rings. The molecule has 3 nitrogen and oxygen atoms in total. The van der Waals surface area contributed by atoms with Crippen molar-refractivity contribution in [2.24, 2.45) is 11.3 Å². The molecule has 1 fully saturated rings. The average molecular weight is 268 g/mol. The van der Waals surface area contributed by atoms with Gasteiger partial charge in [-0.2, -0.15) is 0 Å².